The minimum absolute atomic E-state index is 0.572. The third-order valence-electron chi connectivity index (χ3n) is 3.40. The molecule has 1 aromatic rings. The molecule has 1 aromatic heterocycles. The summed E-state index contributed by atoms with van der Waals surface area (Å²) in [5.41, 5.74) is 5.51. The van der Waals surface area contributed by atoms with Crippen LogP contribution >= 0.6 is 0 Å². The van der Waals surface area contributed by atoms with E-state index in [9.17, 15) is 0 Å². The van der Waals surface area contributed by atoms with Gasteiger partial charge in [-0.3, -0.25) is 5.10 Å². The van der Waals surface area contributed by atoms with Crippen molar-refractivity contribution in [3.8, 4) is 0 Å². The van der Waals surface area contributed by atoms with Gasteiger partial charge >= 0.3 is 0 Å². The number of hydrogen-bond acceptors (Lipinski definition) is 3. The van der Waals surface area contributed by atoms with Crippen LogP contribution in [0.25, 0.3) is 0 Å². The molecule has 0 atom stereocenters. The van der Waals surface area contributed by atoms with Crippen LogP contribution in [0.3, 0.4) is 0 Å². The van der Waals surface area contributed by atoms with Gasteiger partial charge in [0.05, 0.1) is 0 Å². The van der Waals surface area contributed by atoms with Crippen molar-refractivity contribution in [3.63, 3.8) is 0 Å². The molecule has 4 nitrogen and oxygen atoms in total. The fourth-order valence-corrected chi connectivity index (χ4v) is 2.46. The van der Waals surface area contributed by atoms with Crippen LogP contribution in [-0.2, 0) is 6.42 Å². The largest absolute Gasteiger partial charge is 0.330 e. The molecule has 1 aliphatic carbocycles. The summed E-state index contributed by atoms with van der Waals surface area (Å²) >= 11 is 0. The highest BCUT2D eigenvalue weighted by Crippen LogP contribution is 2.28. The monoisotopic (exact) mass is 222 g/mol. The number of aromatic nitrogens is 3. The van der Waals surface area contributed by atoms with Gasteiger partial charge in [0.25, 0.3) is 0 Å². The van der Waals surface area contributed by atoms with Gasteiger partial charge in [0.1, 0.15) is 5.82 Å². The molecule has 4 heteroatoms. The van der Waals surface area contributed by atoms with Crippen LogP contribution in [0.5, 0.6) is 0 Å². The molecular formula is C12H22N4. The summed E-state index contributed by atoms with van der Waals surface area (Å²) in [6.07, 6.45) is 10.1. The van der Waals surface area contributed by atoms with Crippen LogP contribution in [0.15, 0.2) is 0 Å². The minimum Gasteiger partial charge on any atom is -0.330 e. The number of nitrogens with two attached hydrogens (primary N) is 1. The maximum absolute atomic E-state index is 5.51. The van der Waals surface area contributed by atoms with Gasteiger partial charge in [0.15, 0.2) is 5.82 Å². The summed E-state index contributed by atoms with van der Waals surface area (Å²) in [7, 11) is 0. The second-order valence-electron chi connectivity index (χ2n) is 4.72. The first kappa shape index (κ1) is 11.6. The van der Waals surface area contributed by atoms with Gasteiger partial charge in [-0.25, -0.2) is 4.98 Å². The average Bonchev–Trinajstić information content (AvgIpc) is 2.66. The summed E-state index contributed by atoms with van der Waals surface area (Å²) < 4.78 is 0. The maximum Gasteiger partial charge on any atom is 0.153 e. The highest BCUT2D eigenvalue weighted by molar-refractivity contribution is 4.98. The Balaban J connectivity index is 1.97. The molecule has 0 bridgehead atoms. The zero-order chi connectivity index (χ0) is 11.2. The van der Waals surface area contributed by atoms with Gasteiger partial charge in [-0.05, 0) is 19.4 Å². The van der Waals surface area contributed by atoms with E-state index in [0.29, 0.717) is 12.5 Å². The molecule has 90 valence electrons. The maximum atomic E-state index is 5.51. The molecule has 0 amide bonds. The van der Waals surface area contributed by atoms with Crippen molar-refractivity contribution in [1.82, 2.24) is 15.2 Å². The molecule has 0 aromatic carbocycles. The number of H-pyrrole nitrogens is 1. The van der Waals surface area contributed by atoms with E-state index in [4.69, 9.17) is 5.73 Å². The van der Waals surface area contributed by atoms with E-state index >= 15 is 0 Å². The third kappa shape index (κ3) is 3.04. The van der Waals surface area contributed by atoms with Crippen LogP contribution in [-0.4, -0.2) is 21.7 Å². The van der Waals surface area contributed by atoms with Crippen LogP contribution in [0.4, 0.5) is 0 Å². The third-order valence-corrected chi connectivity index (χ3v) is 3.40. The van der Waals surface area contributed by atoms with Crippen molar-refractivity contribution in [2.75, 3.05) is 6.54 Å². The molecule has 0 aliphatic heterocycles. The van der Waals surface area contributed by atoms with Gasteiger partial charge in [0, 0.05) is 12.3 Å². The lowest BCUT2D eigenvalue weighted by Crippen LogP contribution is -2.06. The Morgan fingerprint density at radius 2 is 1.81 bits per heavy atom. The van der Waals surface area contributed by atoms with Crippen molar-refractivity contribution in [2.24, 2.45) is 5.73 Å². The lowest BCUT2D eigenvalue weighted by Gasteiger charge is -2.16. The van der Waals surface area contributed by atoms with Gasteiger partial charge in [0.2, 0.25) is 0 Å². The Labute approximate surface area is 97.0 Å². The summed E-state index contributed by atoms with van der Waals surface area (Å²) in [6.45, 7) is 0.638. The van der Waals surface area contributed by atoms with Crippen LogP contribution in [0, 0.1) is 0 Å². The highest BCUT2D eigenvalue weighted by atomic mass is 15.2. The Bertz CT molecular complexity index is 300. The van der Waals surface area contributed by atoms with Crippen LogP contribution in [0.1, 0.15) is 62.5 Å². The Kier molecular flexibility index (Phi) is 4.34. The number of aromatic amines is 1. The first-order valence-corrected chi connectivity index (χ1v) is 6.51. The molecule has 1 saturated carbocycles. The molecule has 1 fully saturated rings. The fourth-order valence-electron chi connectivity index (χ4n) is 2.46. The number of hydrogen-bond donors (Lipinski definition) is 2. The van der Waals surface area contributed by atoms with Crippen LogP contribution in [0.2, 0.25) is 0 Å². The van der Waals surface area contributed by atoms with E-state index in [1.807, 2.05) is 0 Å². The quantitative estimate of drug-likeness (QED) is 0.823. The predicted octanol–water partition coefficient (Wildman–Crippen LogP) is 2.13. The van der Waals surface area contributed by atoms with Gasteiger partial charge in [-0.15, -0.1) is 0 Å². The van der Waals surface area contributed by atoms with Crippen molar-refractivity contribution in [1.29, 1.82) is 0 Å². The van der Waals surface area contributed by atoms with E-state index in [1.165, 1.54) is 44.9 Å². The molecule has 0 saturated heterocycles. The van der Waals surface area contributed by atoms with E-state index in [-0.39, 0.29) is 0 Å². The fraction of sp³-hybridized carbons (Fsp3) is 0.833. The predicted molar refractivity (Wildman–Crippen MR) is 64.2 cm³/mol. The Morgan fingerprint density at radius 1 is 1.12 bits per heavy atom. The van der Waals surface area contributed by atoms with E-state index in [2.05, 4.69) is 15.2 Å². The minimum atomic E-state index is 0.572. The smallest absolute Gasteiger partial charge is 0.153 e. The summed E-state index contributed by atoms with van der Waals surface area (Å²) in [4.78, 5) is 4.55. The molecule has 0 spiro atoms. The molecule has 1 heterocycles. The van der Waals surface area contributed by atoms with Gasteiger partial charge in [-0.2, -0.15) is 5.10 Å². The number of nitrogens with zero attached hydrogens (tertiary/aromatic N) is 2. The first-order chi connectivity index (χ1) is 7.90. The first-order valence-electron chi connectivity index (χ1n) is 6.51. The van der Waals surface area contributed by atoms with Gasteiger partial charge in [-0.1, -0.05) is 32.1 Å². The molecule has 16 heavy (non-hydrogen) atoms. The highest BCUT2D eigenvalue weighted by Gasteiger charge is 2.17. The Morgan fingerprint density at radius 3 is 2.50 bits per heavy atom. The topological polar surface area (TPSA) is 67.6 Å². The number of nitrogens with one attached hydrogen (secondary N) is 1. The summed E-state index contributed by atoms with van der Waals surface area (Å²) in [5.74, 6) is 2.54. The second kappa shape index (κ2) is 5.99. The Hall–Kier alpha value is -0.900. The van der Waals surface area contributed by atoms with Crippen molar-refractivity contribution < 1.29 is 0 Å². The lowest BCUT2D eigenvalue weighted by molar-refractivity contribution is 0.443. The van der Waals surface area contributed by atoms with E-state index in [1.54, 1.807) is 0 Å². The zero-order valence-corrected chi connectivity index (χ0v) is 9.91. The molecular weight excluding hydrogens is 200 g/mol. The van der Waals surface area contributed by atoms with E-state index in [0.717, 1.165) is 18.1 Å². The molecule has 3 N–H and O–H groups in total. The molecule has 2 rings (SSSR count). The molecule has 0 unspecified atom stereocenters. The SMILES string of the molecule is NCCc1nc(C2CCCCCCC2)n[nH]1. The standard InChI is InChI=1S/C12H22N4/c13-9-8-11-14-12(16-15-11)10-6-4-2-1-3-5-7-10/h10H,1-9,13H2,(H,14,15,16). The average molecular weight is 222 g/mol. The second-order valence-corrected chi connectivity index (χ2v) is 4.72. The van der Waals surface area contributed by atoms with Crippen LogP contribution < -0.4 is 5.73 Å². The molecule has 0 radical (unpaired) electrons. The van der Waals surface area contributed by atoms with Gasteiger partial charge < -0.3 is 5.73 Å². The summed E-state index contributed by atoms with van der Waals surface area (Å²) in [6, 6.07) is 0. The summed E-state index contributed by atoms with van der Waals surface area (Å²) in [5, 5.41) is 7.34. The van der Waals surface area contributed by atoms with Crippen molar-refractivity contribution >= 4 is 0 Å². The van der Waals surface area contributed by atoms with E-state index < -0.39 is 0 Å². The van der Waals surface area contributed by atoms with Crippen molar-refractivity contribution in [3.05, 3.63) is 11.6 Å². The number of rotatable bonds is 3. The molecule has 1 aliphatic rings. The zero-order valence-electron chi connectivity index (χ0n) is 9.91. The van der Waals surface area contributed by atoms with Crippen molar-refractivity contribution in [2.45, 2.75) is 57.3 Å². The lowest BCUT2D eigenvalue weighted by atomic mass is 9.91. The normalized spacial score (nSPS) is 19.3.